The second kappa shape index (κ2) is 20.5. The van der Waals surface area contributed by atoms with Crippen LogP contribution in [0.15, 0.2) is 96.2 Å². The molecule has 2 N–H and O–H groups in total. The molecule has 0 spiro atoms. The lowest BCUT2D eigenvalue weighted by Gasteiger charge is -2.59. The van der Waals surface area contributed by atoms with Gasteiger partial charge >= 0.3 is 6.09 Å². The minimum atomic E-state index is -1.48. The van der Waals surface area contributed by atoms with E-state index in [-0.39, 0.29) is 68.3 Å². The Kier molecular flexibility index (Phi) is 15.2. The Morgan fingerprint density at radius 1 is 1.03 bits per heavy atom. The highest BCUT2D eigenvalue weighted by molar-refractivity contribution is 6.03. The Morgan fingerprint density at radius 2 is 1.76 bits per heavy atom. The van der Waals surface area contributed by atoms with Crippen LogP contribution in [0.4, 0.5) is 10.5 Å². The number of nitro groups is 1. The van der Waals surface area contributed by atoms with Crippen molar-refractivity contribution in [1.82, 2.24) is 4.90 Å². The van der Waals surface area contributed by atoms with Crippen LogP contribution in [0.25, 0.3) is 0 Å². The maximum Gasteiger partial charge on any atom is 0.410 e. The van der Waals surface area contributed by atoms with E-state index < -0.39 is 28.8 Å². The lowest BCUT2D eigenvalue weighted by Crippen LogP contribution is -2.69. The van der Waals surface area contributed by atoms with Crippen LogP contribution in [0.2, 0.25) is 0 Å². The third kappa shape index (κ3) is 10.5. The number of ether oxygens (including phenoxy) is 4. The molecule has 1 saturated carbocycles. The molecule has 14 nitrogen and oxygen atoms in total. The first-order valence-corrected chi connectivity index (χ1v) is 21.4. The summed E-state index contributed by atoms with van der Waals surface area (Å²) in [5.74, 6) is -0.765. The van der Waals surface area contributed by atoms with Crippen LogP contribution in [-0.4, -0.2) is 83.4 Å². The highest BCUT2D eigenvalue weighted by Gasteiger charge is 2.65. The summed E-state index contributed by atoms with van der Waals surface area (Å²) in [6.07, 6.45) is 8.54. The normalized spacial score (nSPS) is 23.2. The minimum Gasteiger partial charge on any atom is -0.459 e. The van der Waals surface area contributed by atoms with Crippen molar-refractivity contribution in [3.8, 4) is 17.2 Å². The van der Waals surface area contributed by atoms with Crippen molar-refractivity contribution in [2.45, 2.75) is 90.1 Å². The molecule has 2 aliphatic carbocycles. The van der Waals surface area contributed by atoms with Crippen molar-refractivity contribution in [1.29, 1.82) is 0 Å². The maximum absolute atomic E-state index is 14.1. The number of nitro benzene ring substituents is 1. The number of fused-ring (bicyclic) bond motifs is 2. The van der Waals surface area contributed by atoms with Gasteiger partial charge in [-0.15, -0.1) is 6.58 Å². The van der Waals surface area contributed by atoms with Crippen LogP contribution in [0.3, 0.4) is 0 Å². The standard InChI is InChI=1S/C48H59N3O11/c1-6-24-59-48-43(50(5)46(55)58-31-47(2,3)4)28-41(49-60-30-32-16-18-35(19-17-32)51(56)57)39-26-34(13-7-9-22-52)38(15-8-10-23-53)44(45(39)48)40-27-37(20-21-42(40)62-48)61-36-14-11-12-33(25-36)29-54/h6,11-12,14,16-21,25-27,29,34,38,43-45,52-53H,1,7-10,13,15,22-24,28,30-31H2,2-5H3. The van der Waals surface area contributed by atoms with E-state index in [1.807, 2.05) is 39.0 Å². The molecule has 1 aliphatic heterocycles. The summed E-state index contributed by atoms with van der Waals surface area (Å²) in [5.41, 5.74) is 3.13. The molecule has 0 saturated heterocycles. The Balaban J connectivity index is 1.54. The zero-order chi connectivity index (χ0) is 44.4. The van der Waals surface area contributed by atoms with Gasteiger partial charge in [0.2, 0.25) is 5.79 Å². The average Bonchev–Trinajstić information content (AvgIpc) is 3.26. The Morgan fingerprint density at radius 3 is 2.44 bits per heavy atom. The fraction of sp³-hybridized carbons (Fsp3) is 0.479. The number of likely N-dealkylation sites (N-methyl/N-ethyl adjacent to an activating group) is 1. The number of aldehydes is 1. The van der Waals surface area contributed by atoms with E-state index in [0.717, 1.165) is 43.1 Å². The Bertz CT molecular complexity index is 2110. The van der Waals surface area contributed by atoms with Gasteiger partial charge in [0.25, 0.3) is 5.69 Å². The number of aliphatic hydroxyl groups excluding tert-OH is 2. The van der Waals surface area contributed by atoms with Gasteiger partial charge in [0, 0.05) is 55.9 Å². The summed E-state index contributed by atoms with van der Waals surface area (Å²) in [4.78, 5) is 44.2. The molecule has 1 fully saturated rings. The average molecular weight is 854 g/mol. The molecule has 1 amide bonds. The van der Waals surface area contributed by atoms with E-state index >= 15 is 0 Å². The number of amides is 1. The molecule has 0 radical (unpaired) electrons. The number of non-ortho nitro benzene ring substituents is 1. The molecule has 6 unspecified atom stereocenters. The summed E-state index contributed by atoms with van der Waals surface area (Å²) in [7, 11) is 1.68. The monoisotopic (exact) mass is 853 g/mol. The first kappa shape index (κ1) is 45.9. The minimum absolute atomic E-state index is 0.000650. The topological polar surface area (TPSA) is 179 Å². The van der Waals surface area contributed by atoms with E-state index in [2.05, 4.69) is 12.7 Å². The SMILES string of the molecule is C=CCOC12Oc3ccc(Oc4cccc(C=O)c4)cc3C3C(CCCCO)C(CCCCO)C=C(C(=NOCc4ccc([N+](=O)[O-])cc4)CC1N(C)C(=O)OCC(C)(C)C)C32. The van der Waals surface area contributed by atoms with E-state index in [1.54, 1.807) is 49.5 Å². The van der Waals surface area contributed by atoms with Gasteiger partial charge in [-0.1, -0.05) is 63.1 Å². The number of nitrogens with zero attached hydrogens (tertiary/aromatic N) is 3. The molecule has 6 rings (SSSR count). The highest BCUT2D eigenvalue weighted by atomic mass is 16.7. The molecule has 3 aliphatic rings. The van der Waals surface area contributed by atoms with Crippen molar-refractivity contribution in [2.75, 3.05) is 33.5 Å². The van der Waals surface area contributed by atoms with Crippen LogP contribution in [0.1, 0.15) is 93.1 Å². The predicted molar refractivity (Wildman–Crippen MR) is 233 cm³/mol. The third-order valence-electron chi connectivity index (χ3n) is 11.8. The quantitative estimate of drug-likeness (QED) is 0.0364. The summed E-state index contributed by atoms with van der Waals surface area (Å²) in [6, 6.07) is 17.9. The predicted octanol–water partition coefficient (Wildman–Crippen LogP) is 9.15. The molecule has 0 bridgehead atoms. The van der Waals surface area contributed by atoms with E-state index in [9.17, 15) is 29.9 Å². The zero-order valence-corrected chi connectivity index (χ0v) is 36.1. The number of hydrogen-bond acceptors (Lipinski definition) is 12. The lowest BCUT2D eigenvalue weighted by molar-refractivity contribution is -0.384. The highest BCUT2D eigenvalue weighted by Crippen LogP contribution is 2.62. The van der Waals surface area contributed by atoms with Crippen molar-refractivity contribution < 1.29 is 48.5 Å². The van der Waals surface area contributed by atoms with Gasteiger partial charge in [-0.25, -0.2) is 4.79 Å². The maximum atomic E-state index is 14.1. The lowest BCUT2D eigenvalue weighted by atomic mass is 9.55. The first-order valence-electron chi connectivity index (χ1n) is 21.4. The molecule has 6 atom stereocenters. The van der Waals surface area contributed by atoms with E-state index in [0.29, 0.717) is 46.9 Å². The number of rotatable bonds is 20. The number of oxime groups is 1. The molecule has 3 aromatic rings. The molecular weight excluding hydrogens is 795 g/mol. The van der Waals surface area contributed by atoms with Crippen molar-refractivity contribution in [2.24, 2.45) is 28.3 Å². The Labute approximate surface area is 363 Å². The third-order valence-corrected chi connectivity index (χ3v) is 11.8. The second-order valence-electron chi connectivity index (χ2n) is 17.5. The number of carbonyl (C=O) groups excluding carboxylic acids is 2. The van der Waals surface area contributed by atoms with Gasteiger partial charge in [-0.05, 0) is 96.5 Å². The van der Waals surface area contributed by atoms with Crippen LogP contribution < -0.4 is 9.47 Å². The van der Waals surface area contributed by atoms with Gasteiger partial charge in [0.05, 0.1) is 29.8 Å². The zero-order valence-electron chi connectivity index (χ0n) is 36.1. The Hall–Kier alpha value is -5.57. The van der Waals surface area contributed by atoms with Crippen molar-refractivity contribution in [3.63, 3.8) is 0 Å². The van der Waals surface area contributed by atoms with E-state index in [4.69, 9.17) is 28.9 Å². The van der Waals surface area contributed by atoms with Gasteiger partial charge in [0.1, 0.15) is 36.2 Å². The molecule has 62 heavy (non-hydrogen) atoms. The van der Waals surface area contributed by atoms with Gasteiger partial charge in [0.15, 0.2) is 0 Å². The van der Waals surface area contributed by atoms with Gasteiger partial charge in [-0.3, -0.25) is 14.9 Å². The summed E-state index contributed by atoms with van der Waals surface area (Å²) >= 11 is 0. The number of benzene rings is 3. The summed E-state index contributed by atoms with van der Waals surface area (Å²) in [5, 5.41) is 35.9. The van der Waals surface area contributed by atoms with Crippen LogP contribution >= 0.6 is 0 Å². The molecular formula is C48H59N3O11. The molecule has 0 aromatic heterocycles. The van der Waals surface area contributed by atoms with Gasteiger partial charge < -0.3 is 38.9 Å². The van der Waals surface area contributed by atoms with Crippen molar-refractivity contribution >= 4 is 23.8 Å². The number of allylic oxidation sites excluding steroid dienone is 1. The van der Waals surface area contributed by atoms with Crippen LogP contribution in [0.5, 0.6) is 17.2 Å². The molecule has 332 valence electrons. The fourth-order valence-corrected chi connectivity index (χ4v) is 8.98. The number of unbranched alkanes of at least 4 members (excludes halogenated alkanes) is 2. The van der Waals surface area contributed by atoms with Crippen LogP contribution in [0, 0.1) is 33.3 Å². The van der Waals surface area contributed by atoms with Crippen molar-refractivity contribution in [3.05, 3.63) is 118 Å². The largest absolute Gasteiger partial charge is 0.459 e. The summed E-state index contributed by atoms with van der Waals surface area (Å²) < 4.78 is 26.4. The molecule has 14 heteroatoms. The van der Waals surface area contributed by atoms with E-state index in [1.165, 1.54) is 17.0 Å². The fourth-order valence-electron chi connectivity index (χ4n) is 8.98. The molecule has 1 heterocycles. The second-order valence-corrected chi connectivity index (χ2v) is 17.5. The smallest absolute Gasteiger partial charge is 0.410 e. The van der Waals surface area contributed by atoms with Gasteiger partial charge in [-0.2, -0.15) is 0 Å². The number of aliphatic hydroxyl groups is 2. The number of carbonyl (C=O) groups is 2. The summed E-state index contributed by atoms with van der Waals surface area (Å²) in [6.45, 7) is 10.3. The molecule has 3 aromatic carbocycles. The first-order chi connectivity index (χ1) is 29.8. The number of hydrogen-bond donors (Lipinski definition) is 2. The van der Waals surface area contributed by atoms with Crippen LogP contribution in [-0.2, 0) is 20.9 Å².